The van der Waals surface area contributed by atoms with Crippen LogP contribution in [0.1, 0.15) is 41.5 Å². The molecule has 0 saturated carbocycles. The number of amides is 1. The van der Waals surface area contributed by atoms with Crippen LogP contribution in [0.3, 0.4) is 0 Å². The molecule has 4 aromatic rings. The maximum absolute atomic E-state index is 12.9. The number of hydrogen-bond acceptors (Lipinski definition) is 4. The number of nitrogens with one attached hydrogen (secondary N) is 1. The Bertz CT molecular complexity index is 1150. The molecule has 28 heavy (non-hydrogen) atoms. The summed E-state index contributed by atoms with van der Waals surface area (Å²) < 4.78 is 1.73. The van der Waals surface area contributed by atoms with E-state index in [-0.39, 0.29) is 11.8 Å². The van der Waals surface area contributed by atoms with Gasteiger partial charge in [-0.1, -0.05) is 55.0 Å². The molecule has 0 aliphatic rings. The van der Waals surface area contributed by atoms with Crippen LogP contribution in [0.4, 0.5) is 5.82 Å². The van der Waals surface area contributed by atoms with E-state index in [0.717, 1.165) is 27.8 Å². The number of rotatable bonds is 4. The van der Waals surface area contributed by atoms with Gasteiger partial charge in [0.25, 0.3) is 5.91 Å². The second-order valence-electron chi connectivity index (χ2n) is 7.07. The lowest BCUT2D eigenvalue weighted by atomic mass is 10.1. The number of benzene rings is 2. The molecule has 6 heteroatoms. The normalized spacial score (nSPS) is 11.1. The quantitative estimate of drug-likeness (QED) is 0.573. The molecule has 0 fully saturated rings. The van der Waals surface area contributed by atoms with E-state index in [0.29, 0.717) is 11.5 Å². The summed E-state index contributed by atoms with van der Waals surface area (Å²) in [6.07, 6.45) is 0. The predicted molar refractivity (Wildman–Crippen MR) is 110 cm³/mol. The van der Waals surface area contributed by atoms with Gasteiger partial charge in [0.1, 0.15) is 5.82 Å². The zero-order valence-electron chi connectivity index (χ0n) is 16.0. The summed E-state index contributed by atoms with van der Waals surface area (Å²) in [5.74, 6) is 0.245. The van der Waals surface area contributed by atoms with Gasteiger partial charge in [0.15, 0.2) is 5.69 Å². The smallest absolute Gasteiger partial charge is 0.279 e. The van der Waals surface area contributed by atoms with Crippen molar-refractivity contribution >= 4 is 22.6 Å². The van der Waals surface area contributed by atoms with Crippen LogP contribution in [0.15, 0.2) is 60.7 Å². The molecule has 0 aliphatic carbocycles. The van der Waals surface area contributed by atoms with E-state index in [4.69, 9.17) is 0 Å². The zero-order valence-corrected chi connectivity index (χ0v) is 16.0. The van der Waals surface area contributed by atoms with E-state index in [1.54, 1.807) is 10.7 Å². The van der Waals surface area contributed by atoms with Gasteiger partial charge in [0.05, 0.1) is 16.9 Å². The lowest BCUT2D eigenvalue weighted by Crippen LogP contribution is -2.17. The van der Waals surface area contributed by atoms with E-state index in [9.17, 15) is 4.79 Å². The number of pyridine rings is 1. The third-order valence-electron chi connectivity index (χ3n) is 4.59. The Hall–Kier alpha value is -3.54. The van der Waals surface area contributed by atoms with Crippen LogP contribution in [0, 0.1) is 6.92 Å². The van der Waals surface area contributed by atoms with Crippen molar-refractivity contribution in [2.75, 3.05) is 5.32 Å². The minimum absolute atomic E-state index is 0.0709. The fourth-order valence-electron chi connectivity index (χ4n) is 3.16. The van der Waals surface area contributed by atoms with Crippen molar-refractivity contribution in [2.24, 2.45) is 0 Å². The van der Waals surface area contributed by atoms with Gasteiger partial charge < -0.3 is 5.32 Å². The first-order valence-corrected chi connectivity index (χ1v) is 9.22. The number of para-hydroxylation sites is 1. The SMILES string of the molecule is Cc1ccc(-n2nnc(C(=O)Nc3ccc4ccccc4n3)c2C(C)C)cc1. The number of fused-ring (bicyclic) bond motifs is 1. The summed E-state index contributed by atoms with van der Waals surface area (Å²) in [6, 6.07) is 19.5. The number of nitrogens with zero attached hydrogens (tertiary/aromatic N) is 4. The monoisotopic (exact) mass is 371 g/mol. The molecule has 6 nitrogen and oxygen atoms in total. The van der Waals surface area contributed by atoms with Gasteiger partial charge in [0.2, 0.25) is 0 Å². The Labute approximate surface area is 163 Å². The molecule has 2 aromatic carbocycles. The van der Waals surface area contributed by atoms with E-state index in [1.807, 2.05) is 75.4 Å². The van der Waals surface area contributed by atoms with Gasteiger partial charge >= 0.3 is 0 Å². The summed E-state index contributed by atoms with van der Waals surface area (Å²) in [4.78, 5) is 17.4. The minimum Gasteiger partial charge on any atom is -0.305 e. The molecule has 0 saturated heterocycles. The van der Waals surface area contributed by atoms with Crippen molar-refractivity contribution in [1.29, 1.82) is 0 Å². The summed E-state index contributed by atoms with van der Waals surface area (Å²) in [6.45, 7) is 6.08. The van der Waals surface area contributed by atoms with E-state index in [1.165, 1.54) is 0 Å². The van der Waals surface area contributed by atoms with Crippen LogP contribution >= 0.6 is 0 Å². The van der Waals surface area contributed by atoms with Gasteiger partial charge in [-0.15, -0.1) is 5.10 Å². The van der Waals surface area contributed by atoms with Gasteiger partial charge in [-0.2, -0.15) is 0 Å². The second-order valence-corrected chi connectivity index (χ2v) is 7.07. The van der Waals surface area contributed by atoms with E-state index >= 15 is 0 Å². The Morgan fingerprint density at radius 1 is 1.00 bits per heavy atom. The highest BCUT2D eigenvalue weighted by molar-refractivity contribution is 6.03. The molecule has 0 atom stereocenters. The number of aryl methyl sites for hydroxylation is 1. The maximum atomic E-state index is 12.9. The summed E-state index contributed by atoms with van der Waals surface area (Å²) in [5.41, 5.74) is 3.94. The van der Waals surface area contributed by atoms with E-state index in [2.05, 4.69) is 20.6 Å². The molecular formula is C22H21N5O. The van der Waals surface area contributed by atoms with Crippen LogP contribution in [-0.4, -0.2) is 25.9 Å². The Morgan fingerprint density at radius 2 is 1.75 bits per heavy atom. The fourth-order valence-corrected chi connectivity index (χ4v) is 3.16. The van der Waals surface area contributed by atoms with Crippen LogP contribution in [-0.2, 0) is 0 Å². The molecule has 0 spiro atoms. The molecule has 0 aliphatic heterocycles. The summed E-state index contributed by atoms with van der Waals surface area (Å²) >= 11 is 0. The topological polar surface area (TPSA) is 72.7 Å². The van der Waals surface area contributed by atoms with Crippen molar-refractivity contribution in [3.05, 3.63) is 77.6 Å². The average Bonchev–Trinajstić information content (AvgIpc) is 3.14. The van der Waals surface area contributed by atoms with Crippen molar-refractivity contribution < 1.29 is 4.79 Å². The average molecular weight is 371 g/mol. The van der Waals surface area contributed by atoms with E-state index < -0.39 is 0 Å². The molecule has 1 amide bonds. The minimum atomic E-state index is -0.315. The van der Waals surface area contributed by atoms with Gasteiger partial charge in [-0.05, 0) is 43.2 Å². The Kier molecular flexibility index (Phi) is 4.61. The molecule has 1 N–H and O–H groups in total. The largest absolute Gasteiger partial charge is 0.305 e. The fraction of sp³-hybridized carbons (Fsp3) is 0.182. The van der Waals surface area contributed by atoms with Gasteiger partial charge in [0, 0.05) is 5.39 Å². The lowest BCUT2D eigenvalue weighted by molar-refractivity contribution is 0.102. The number of hydrogen-bond donors (Lipinski definition) is 1. The number of carbonyl (C=O) groups excluding carboxylic acids is 1. The molecule has 2 heterocycles. The van der Waals surface area contributed by atoms with Crippen molar-refractivity contribution in [3.8, 4) is 5.69 Å². The van der Waals surface area contributed by atoms with Crippen LogP contribution in [0.5, 0.6) is 0 Å². The highest BCUT2D eigenvalue weighted by Gasteiger charge is 2.23. The maximum Gasteiger partial charge on any atom is 0.279 e. The predicted octanol–water partition coefficient (Wildman–Crippen LogP) is 4.50. The molecule has 140 valence electrons. The van der Waals surface area contributed by atoms with Crippen molar-refractivity contribution in [2.45, 2.75) is 26.7 Å². The highest BCUT2D eigenvalue weighted by atomic mass is 16.2. The Balaban J connectivity index is 1.67. The lowest BCUT2D eigenvalue weighted by Gasteiger charge is -2.11. The first kappa shape index (κ1) is 17.9. The third kappa shape index (κ3) is 3.36. The first-order chi connectivity index (χ1) is 13.5. The molecule has 0 bridgehead atoms. The first-order valence-electron chi connectivity index (χ1n) is 9.22. The zero-order chi connectivity index (χ0) is 19.7. The van der Waals surface area contributed by atoms with Crippen LogP contribution in [0.2, 0.25) is 0 Å². The number of anilines is 1. The van der Waals surface area contributed by atoms with Crippen molar-refractivity contribution in [3.63, 3.8) is 0 Å². The standard InChI is InChI=1S/C22H21N5O/c1-14(2)21-20(25-26-27(21)17-11-8-15(3)9-12-17)22(28)24-19-13-10-16-6-4-5-7-18(16)23-19/h4-14H,1-3H3,(H,23,24,28). The third-order valence-corrected chi connectivity index (χ3v) is 4.59. The van der Waals surface area contributed by atoms with Crippen LogP contribution in [0.25, 0.3) is 16.6 Å². The second kappa shape index (κ2) is 7.23. The number of carbonyl (C=O) groups is 1. The van der Waals surface area contributed by atoms with Gasteiger partial charge in [-0.3, -0.25) is 4.79 Å². The van der Waals surface area contributed by atoms with Gasteiger partial charge in [-0.25, -0.2) is 9.67 Å². The molecule has 0 unspecified atom stereocenters. The van der Waals surface area contributed by atoms with Crippen molar-refractivity contribution in [1.82, 2.24) is 20.0 Å². The summed E-state index contributed by atoms with van der Waals surface area (Å²) in [7, 11) is 0. The molecular weight excluding hydrogens is 350 g/mol. The molecule has 2 aromatic heterocycles. The highest BCUT2D eigenvalue weighted by Crippen LogP contribution is 2.23. The summed E-state index contributed by atoms with van der Waals surface area (Å²) in [5, 5.41) is 12.3. The Morgan fingerprint density at radius 3 is 2.50 bits per heavy atom. The van der Waals surface area contributed by atoms with Crippen LogP contribution < -0.4 is 5.32 Å². The molecule has 4 rings (SSSR count). The number of aromatic nitrogens is 4. The molecule has 0 radical (unpaired) electrons.